The molecule has 0 atom stereocenters. The van der Waals surface area contributed by atoms with Crippen LogP contribution in [0.3, 0.4) is 0 Å². The number of anilines is 1. The molecule has 4 nitrogen and oxygen atoms in total. The number of benzene rings is 1. The van der Waals surface area contributed by atoms with Crippen LogP contribution in [-0.4, -0.2) is 18.1 Å². The fourth-order valence-corrected chi connectivity index (χ4v) is 1.75. The van der Waals surface area contributed by atoms with Crippen LogP contribution in [0, 0.1) is 5.92 Å². The molecule has 0 unspecified atom stereocenters. The SMILES string of the molecule is NC1(C(=O)Nc2ccc(OCC3CC3)cc2)CC1. The molecule has 4 heteroatoms. The summed E-state index contributed by atoms with van der Waals surface area (Å²) in [6.07, 6.45) is 4.13. The molecule has 2 aliphatic rings. The van der Waals surface area contributed by atoms with Gasteiger partial charge < -0.3 is 15.8 Å². The Morgan fingerprint density at radius 1 is 1.33 bits per heavy atom. The van der Waals surface area contributed by atoms with Crippen molar-refractivity contribution in [3.8, 4) is 5.75 Å². The molecular formula is C14H18N2O2. The minimum atomic E-state index is -0.624. The van der Waals surface area contributed by atoms with E-state index in [9.17, 15) is 4.79 Å². The Morgan fingerprint density at radius 3 is 2.56 bits per heavy atom. The first kappa shape index (κ1) is 11.5. The van der Waals surface area contributed by atoms with E-state index in [0.29, 0.717) is 0 Å². The molecule has 0 saturated heterocycles. The van der Waals surface area contributed by atoms with Gasteiger partial charge in [0.15, 0.2) is 0 Å². The van der Waals surface area contributed by atoms with E-state index in [1.807, 2.05) is 24.3 Å². The molecule has 0 radical (unpaired) electrons. The van der Waals surface area contributed by atoms with Crippen molar-refractivity contribution in [2.24, 2.45) is 11.7 Å². The Labute approximate surface area is 107 Å². The molecule has 96 valence electrons. The van der Waals surface area contributed by atoms with Crippen LogP contribution in [0.1, 0.15) is 25.7 Å². The van der Waals surface area contributed by atoms with Crippen molar-refractivity contribution in [1.29, 1.82) is 0 Å². The number of hydrogen-bond acceptors (Lipinski definition) is 3. The summed E-state index contributed by atoms with van der Waals surface area (Å²) in [5.74, 6) is 1.51. The van der Waals surface area contributed by atoms with Gasteiger partial charge in [0.1, 0.15) is 5.75 Å². The standard InChI is InChI=1S/C14H18N2O2/c15-14(7-8-14)13(17)16-11-3-5-12(6-4-11)18-9-10-1-2-10/h3-6,10H,1-2,7-9,15H2,(H,16,17). The van der Waals surface area contributed by atoms with Gasteiger partial charge in [-0.1, -0.05) is 0 Å². The van der Waals surface area contributed by atoms with E-state index in [4.69, 9.17) is 10.5 Å². The molecular weight excluding hydrogens is 228 g/mol. The van der Waals surface area contributed by atoms with Crippen LogP contribution >= 0.6 is 0 Å². The average Bonchev–Trinajstić information content (AvgIpc) is 3.25. The van der Waals surface area contributed by atoms with Gasteiger partial charge in [0.2, 0.25) is 5.91 Å². The van der Waals surface area contributed by atoms with Crippen molar-refractivity contribution in [2.75, 3.05) is 11.9 Å². The number of carbonyl (C=O) groups is 1. The van der Waals surface area contributed by atoms with Gasteiger partial charge in [0.25, 0.3) is 0 Å². The van der Waals surface area contributed by atoms with Crippen LogP contribution in [0.2, 0.25) is 0 Å². The lowest BCUT2D eigenvalue weighted by Crippen LogP contribution is -2.37. The maximum Gasteiger partial charge on any atom is 0.244 e. The predicted octanol–water partition coefficient (Wildman–Crippen LogP) is 1.91. The summed E-state index contributed by atoms with van der Waals surface area (Å²) in [6, 6.07) is 7.47. The molecule has 0 bridgehead atoms. The molecule has 3 rings (SSSR count). The number of carbonyl (C=O) groups excluding carboxylic acids is 1. The van der Waals surface area contributed by atoms with E-state index >= 15 is 0 Å². The lowest BCUT2D eigenvalue weighted by molar-refractivity contribution is -0.118. The van der Waals surface area contributed by atoms with Gasteiger partial charge in [-0.25, -0.2) is 0 Å². The smallest absolute Gasteiger partial charge is 0.244 e. The van der Waals surface area contributed by atoms with Crippen molar-refractivity contribution >= 4 is 11.6 Å². The van der Waals surface area contributed by atoms with Crippen LogP contribution in [-0.2, 0) is 4.79 Å². The van der Waals surface area contributed by atoms with Gasteiger partial charge >= 0.3 is 0 Å². The molecule has 18 heavy (non-hydrogen) atoms. The zero-order valence-corrected chi connectivity index (χ0v) is 10.3. The van der Waals surface area contributed by atoms with Crippen LogP contribution in [0.15, 0.2) is 24.3 Å². The second kappa shape index (κ2) is 4.28. The second-order valence-corrected chi connectivity index (χ2v) is 5.39. The zero-order chi connectivity index (χ0) is 12.6. The first-order valence-corrected chi connectivity index (χ1v) is 6.49. The normalized spacial score (nSPS) is 20.3. The zero-order valence-electron chi connectivity index (χ0n) is 10.3. The summed E-state index contributed by atoms with van der Waals surface area (Å²) >= 11 is 0. The topological polar surface area (TPSA) is 64.4 Å². The average molecular weight is 246 g/mol. The third-order valence-electron chi connectivity index (χ3n) is 3.54. The van der Waals surface area contributed by atoms with E-state index < -0.39 is 5.54 Å². The van der Waals surface area contributed by atoms with E-state index in [-0.39, 0.29) is 5.91 Å². The molecule has 1 aromatic rings. The Kier molecular flexibility index (Phi) is 2.74. The number of hydrogen-bond donors (Lipinski definition) is 2. The minimum Gasteiger partial charge on any atom is -0.493 e. The summed E-state index contributed by atoms with van der Waals surface area (Å²) in [4.78, 5) is 11.7. The number of amides is 1. The number of nitrogens with two attached hydrogens (primary N) is 1. The number of ether oxygens (including phenoxy) is 1. The molecule has 2 fully saturated rings. The van der Waals surface area contributed by atoms with Crippen LogP contribution < -0.4 is 15.8 Å². The lowest BCUT2D eigenvalue weighted by Gasteiger charge is -2.11. The highest BCUT2D eigenvalue weighted by atomic mass is 16.5. The van der Waals surface area contributed by atoms with Gasteiger partial charge in [0, 0.05) is 5.69 Å². The third kappa shape index (κ3) is 2.64. The molecule has 1 amide bonds. The summed E-state index contributed by atoms with van der Waals surface area (Å²) in [5, 5.41) is 2.83. The summed E-state index contributed by atoms with van der Waals surface area (Å²) in [6.45, 7) is 0.803. The quantitative estimate of drug-likeness (QED) is 0.834. The molecule has 0 aliphatic heterocycles. The van der Waals surface area contributed by atoms with Crippen LogP contribution in [0.5, 0.6) is 5.75 Å². The van der Waals surface area contributed by atoms with E-state index in [2.05, 4.69) is 5.32 Å². The van der Waals surface area contributed by atoms with Gasteiger partial charge in [-0.05, 0) is 55.9 Å². The maximum atomic E-state index is 11.7. The highest BCUT2D eigenvalue weighted by Gasteiger charge is 2.45. The highest BCUT2D eigenvalue weighted by molar-refractivity contribution is 6.00. The van der Waals surface area contributed by atoms with Crippen molar-refractivity contribution in [2.45, 2.75) is 31.2 Å². The molecule has 1 aromatic carbocycles. The Morgan fingerprint density at radius 2 is 2.00 bits per heavy atom. The van der Waals surface area contributed by atoms with Gasteiger partial charge in [-0.3, -0.25) is 4.79 Å². The van der Waals surface area contributed by atoms with Crippen LogP contribution in [0.4, 0.5) is 5.69 Å². The van der Waals surface area contributed by atoms with Crippen molar-refractivity contribution in [1.82, 2.24) is 0 Å². The largest absolute Gasteiger partial charge is 0.493 e. The summed E-state index contributed by atoms with van der Waals surface area (Å²) in [5.41, 5.74) is 5.97. The number of nitrogens with one attached hydrogen (secondary N) is 1. The van der Waals surface area contributed by atoms with Crippen molar-refractivity contribution in [3.05, 3.63) is 24.3 Å². The first-order chi connectivity index (χ1) is 8.66. The highest BCUT2D eigenvalue weighted by Crippen LogP contribution is 2.33. The fraction of sp³-hybridized carbons (Fsp3) is 0.500. The van der Waals surface area contributed by atoms with Gasteiger partial charge in [0.05, 0.1) is 12.1 Å². The lowest BCUT2D eigenvalue weighted by atomic mass is 10.2. The Balaban J connectivity index is 1.54. The summed E-state index contributed by atoms with van der Waals surface area (Å²) in [7, 11) is 0. The fourth-order valence-electron chi connectivity index (χ4n) is 1.75. The van der Waals surface area contributed by atoms with Crippen molar-refractivity contribution < 1.29 is 9.53 Å². The Bertz CT molecular complexity index is 447. The summed E-state index contributed by atoms with van der Waals surface area (Å²) < 4.78 is 5.63. The maximum absolute atomic E-state index is 11.7. The van der Waals surface area contributed by atoms with E-state index in [1.54, 1.807) is 0 Å². The second-order valence-electron chi connectivity index (χ2n) is 5.39. The molecule has 0 heterocycles. The van der Waals surface area contributed by atoms with Gasteiger partial charge in [-0.2, -0.15) is 0 Å². The van der Waals surface area contributed by atoms with E-state index in [0.717, 1.165) is 36.8 Å². The van der Waals surface area contributed by atoms with Crippen LogP contribution in [0.25, 0.3) is 0 Å². The minimum absolute atomic E-state index is 0.0888. The molecule has 0 spiro atoms. The van der Waals surface area contributed by atoms with E-state index in [1.165, 1.54) is 12.8 Å². The van der Waals surface area contributed by atoms with Gasteiger partial charge in [-0.15, -0.1) is 0 Å². The Hall–Kier alpha value is -1.55. The monoisotopic (exact) mass is 246 g/mol. The van der Waals surface area contributed by atoms with Crippen molar-refractivity contribution in [3.63, 3.8) is 0 Å². The molecule has 2 saturated carbocycles. The molecule has 3 N–H and O–H groups in total. The molecule has 0 aromatic heterocycles. The third-order valence-corrected chi connectivity index (χ3v) is 3.54. The first-order valence-electron chi connectivity index (χ1n) is 6.49. The number of rotatable bonds is 5. The molecule has 2 aliphatic carbocycles. The predicted molar refractivity (Wildman–Crippen MR) is 69.4 cm³/mol.